The van der Waals surface area contributed by atoms with Crippen LogP contribution >= 0.6 is 22.6 Å². The number of hydrogen-bond acceptors (Lipinski definition) is 2. The van der Waals surface area contributed by atoms with Crippen LogP contribution in [0.3, 0.4) is 0 Å². The van der Waals surface area contributed by atoms with E-state index in [1.54, 1.807) is 29.1 Å². The summed E-state index contributed by atoms with van der Waals surface area (Å²) in [5.41, 5.74) is 0.712. The third kappa shape index (κ3) is 2.01. The smallest absolute Gasteiger partial charge is 0.294 e. The maximum Gasteiger partial charge on any atom is 0.294 e. The van der Waals surface area contributed by atoms with Gasteiger partial charge in [-0.15, -0.1) is 0 Å². The molecule has 0 spiro atoms. The molecule has 1 aromatic heterocycles. The Balaban J connectivity index is 2.61. The summed E-state index contributed by atoms with van der Waals surface area (Å²) >= 11 is 2.06. The molecule has 0 N–H and O–H groups in total. The fourth-order valence-corrected chi connectivity index (χ4v) is 1.83. The van der Waals surface area contributed by atoms with E-state index in [4.69, 9.17) is 0 Å². The van der Waals surface area contributed by atoms with Crippen molar-refractivity contribution in [1.82, 2.24) is 4.57 Å². The molecule has 0 radical (unpaired) electrons. The van der Waals surface area contributed by atoms with Gasteiger partial charge >= 0.3 is 0 Å². The van der Waals surface area contributed by atoms with Crippen molar-refractivity contribution < 1.29 is 4.92 Å². The first-order chi connectivity index (χ1) is 7.18. The summed E-state index contributed by atoms with van der Waals surface area (Å²) in [5.74, 6) is 0. The molecule has 0 aliphatic rings. The van der Waals surface area contributed by atoms with Gasteiger partial charge in [-0.1, -0.05) is 0 Å². The molecule has 2 aromatic rings. The average Bonchev–Trinajstić information content (AvgIpc) is 2.70. The van der Waals surface area contributed by atoms with E-state index < -0.39 is 0 Å². The summed E-state index contributed by atoms with van der Waals surface area (Å²) < 4.78 is 2.59. The maximum atomic E-state index is 10.9. The Labute approximate surface area is 99.8 Å². The van der Waals surface area contributed by atoms with Crippen LogP contribution < -0.4 is 0 Å². The third-order valence-corrected chi connectivity index (χ3v) is 2.69. The van der Waals surface area contributed by atoms with Crippen molar-refractivity contribution in [2.24, 2.45) is 0 Å². The number of hydrogen-bond donors (Lipinski definition) is 0. The summed E-state index contributed by atoms with van der Waals surface area (Å²) in [6.45, 7) is 0. The number of rotatable bonds is 2. The van der Waals surface area contributed by atoms with E-state index in [0.29, 0.717) is 5.69 Å². The third-order valence-electron chi connectivity index (χ3n) is 2.02. The van der Waals surface area contributed by atoms with Crippen LogP contribution in [0.4, 0.5) is 5.69 Å². The Morgan fingerprint density at radius 3 is 2.53 bits per heavy atom. The Morgan fingerprint density at radius 1 is 1.27 bits per heavy atom. The molecule has 1 heterocycles. The van der Waals surface area contributed by atoms with Crippen molar-refractivity contribution in [3.8, 4) is 5.69 Å². The van der Waals surface area contributed by atoms with Crippen molar-refractivity contribution >= 4 is 28.3 Å². The fraction of sp³-hybridized carbons (Fsp3) is 0. The van der Waals surface area contributed by atoms with Gasteiger partial charge in [0.2, 0.25) is 0 Å². The maximum absolute atomic E-state index is 10.9. The molecule has 4 nitrogen and oxygen atoms in total. The summed E-state index contributed by atoms with van der Waals surface area (Å²) in [4.78, 5) is 10.5. The minimum Gasteiger partial charge on any atom is -0.318 e. The quantitative estimate of drug-likeness (QED) is 0.486. The zero-order chi connectivity index (χ0) is 10.8. The van der Waals surface area contributed by atoms with Gasteiger partial charge in [0.05, 0.1) is 4.92 Å². The minimum absolute atomic E-state index is 0.123. The number of benzene rings is 1. The summed E-state index contributed by atoms with van der Waals surface area (Å²) in [7, 11) is 0. The molecule has 0 fully saturated rings. The first-order valence-electron chi connectivity index (χ1n) is 4.26. The van der Waals surface area contributed by atoms with Crippen LogP contribution in [0.1, 0.15) is 0 Å². The zero-order valence-electron chi connectivity index (χ0n) is 7.63. The molecule has 15 heavy (non-hydrogen) atoms. The molecule has 2 rings (SSSR count). The molecule has 0 saturated heterocycles. The van der Waals surface area contributed by atoms with Gasteiger partial charge in [-0.05, 0) is 46.9 Å². The van der Waals surface area contributed by atoms with Crippen molar-refractivity contribution in [1.29, 1.82) is 0 Å². The number of nitrogens with zero attached hydrogens (tertiary/aromatic N) is 2. The summed E-state index contributed by atoms with van der Waals surface area (Å²) in [5, 5.41) is 10.9. The van der Waals surface area contributed by atoms with E-state index >= 15 is 0 Å². The standard InChI is InChI=1S/C10H7IN2O2/c11-8-3-4-9(10(7-8)13(14)15)12-5-1-2-6-12/h1-7H. The average molecular weight is 314 g/mol. The summed E-state index contributed by atoms with van der Waals surface area (Å²) in [6.07, 6.45) is 3.57. The number of halogens is 1. The summed E-state index contributed by atoms with van der Waals surface area (Å²) in [6, 6.07) is 8.84. The number of aromatic nitrogens is 1. The lowest BCUT2D eigenvalue weighted by Gasteiger charge is -2.04. The SMILES string of the molecule is O=[N+]([O-])c1cc(I)ccc1-n1cccc1. The lowest BCUT2D eigenvalue weighted by molar-refractivity contribution is -0.384. The molecule has 0 aliphatic carbocycles. The molecule has 1 aromatic carbocycles. The highest BCUT2D eigenvalue weighted by atomic mass is 127. The van der Waals surface area contributed by atoms with E-state index in [9.17, 15) is 10.1 Å². The first-order valence-corrected chi connectivity index (χ1v) is 5.33. The lowest BCUT2D eigenvalue weighted by Crippen LogP contribution is -1.98. The Bertz CT molecular complexity index is 494. The van der Waals surface area contributed by atoms with Crippen LogP contribution in [0.2, 0.25) is 0 Å². The largest absolute Gasteiger partial charge is 0.318 e. The second-order valence-corrected chi connectivity index (χ2v) is 4.23. The zero-order valence-corrected chi connectivity index (χ0v) is 9.79. The first kappa shape index (κ1) is 10.2. The van der Waals surface area contributed by atoms with Gasteiger partial charge in [0.25, 0.3) is 5.69 Å². The molecule has 76 valence electrons. The topological polar surface area (TPSA) is 48.1 Å². The predicted octanol–water partition coefficient (Wildman–Crippen LogP) is 2.99. The van der Waals surface area contributed by atoms with E-state index in [-0.39, 0.29) is 10.6 Å². The van der Waals surface area contributed by atoms with Crippen molar-refractivity contribution in [3.05, 3.63) is 56.4 Å². The van der Waals surface area contributed by atoms with Crippen LogP contribution in [0, 0.1) is 13.7 Å². The van der Waals surface area contributed by atoms with E-state index in [0.717, 1.165) is 3.57 Å². The number of nitro benzene ring substituents is 1. The fourth-order valence-electron chi connectivity index (χ4n) is 1.36. The molecule has 0 saturated carbocycles. The highest BCUT2D eigenvalue weighted by molar-refractivity contribution is 14.1. The molecular weight excluding hydrogens is 307 g/mol. The van der Waals surface area contributed by atoms with Gasteiger partial charge in [0.15, 0.2) is 0 Å². The van der Waals surface area contributed by atoms with Gasteiger partial charge in [-0.2, -0.15) is 0 Å². The molecule has 5 heteroatoms. The minimum atomic E-state index is -0.364. The Hall–Kier alpha value is -1.37. The molecule has 0 unspecified atom stereocenters. The van der Waals surface area contributed by atoms with E-state index in [1.807, 2.05) is 18.2 Å². The van der Waals surface area contributed by atoms with Gasteiger partial charge in [-0.3, -0.25) is 10.1 Å². The van der Waals surface area contributed by atoms with Crippen LogP contribution in [-0.2, 0) is 0 Å². The lowest BCUT2D eigenvalue weighted by atomic mass is 10.2. The van der Waals surface area contributed by atoms with Gasteiger partial charge in [-0.25, -0.2) is 0 Å². The number of nitro groups is 1. The van der Waals surface area contributed by atoms with Crippen LogP contribution in [0.15, 0.2) is 42.7 Å². The van der Waals surface area contributed by atoms with Crippen LogP contribution in [-0.4, -0.2) is 9.49 Å². The van der Waals surface area contributed by atoms with E-state index in [1.165, 1.54) is 0 Å². The molecule has 0 amide bonds. The molecule has 0 aliphatic heterocycles. The predicted molar refractivity (Wildman–Crippen MR) is 65.1 cm³/mol. The molecular formula is C10H7IN2O2. The Morgan fingerprint density at radius 2 is 1.93 bits per heavy atom. The highest BCUT2D eigenvalue weighted by Gasteiger charge is 2.14. The molecule has 0 bridgehead atoms. The van der Waals surface area contributed by atoms with Gasteiger partial charge in [0, 0.05) is 22.0 Å². The van der Waals surface area contributed by atoms with Crippen molar-refractivity contribution in [2.45, 2.75) is 0 Å². The second-order valence-electron chi connectivity index (χ2n) is 2.98. The van der Waals surface area contributed by atoms with Crippen molar-refractivity contribution in [3.63, 3.8) is 0 Å². The van der Waals surface area contributed by atoms with Gasteiger partial charge < -0.3 is 4.57 Å². The molecule has 0 atom stereocenters. The second kappa shape index (κ2) is 4.01. The van der Waals surface area contributed by atoms with E-state index in [2.05, 4.69) is 22.6 Å². The highest BCUT2D eigenvalue weighted by Crippen LogP contribution is 2.24. The normalized spacial score (nSPS) is 10.2. The van der Waals surface area contributed by atoms with Gasteiger partial charge in [0.1, 0.15) is 5.69 Å². The van der Waals surface area contributed by atoms with Crippen molar-refractivity contribution in [2.75, 3.05) is 0 Å². The van der Waals surface area contributed by atoms with Crippen LogP contribution in [0.5, 0.6) is 0 Å². The monoisotopic (exact) mass is 314 g/mol. The Kier molecular flexibility index (Phi) is 2.72. The van der Waals surface area contributed by atoms with Crippen LogP contribution in [0.25, 0.3) is 5.69 Å².